The van der Waals surface area contributed by atoms with Crippen molar-refractivity contribution < 1.29 is 18.7 Å². The molecule has 1 aromatic carbocycles. The zero-order valence-corrected chi connectivity index (χ0v) is 13.7. The summed E-state index contributed by atoms with van der Waals surface area (Å²) in [7, 11) is 3.06. The molecule has 0 bridgehead atoms. The molecule has 7 heteroatoms. The number of nitrogens with one attached hydrogen (secondary N) is 2. The molecule has 1 aromatic rings. The van der Waals surface area contributed by atoms with Crippen LogP contribution in [0.5, 0.6) is 0 Å². The van der Waals surface area contributed by atoms with Gasteiger partial charge in [0.2, 0.25) is 5.91 Å². The highest BCUT2D eigenvalue weighted by atomic mass is 79.9. The lowest BCUT2D eigenvalue weighted by molar-refractivity contribution is -0.121. The minimum absolute atomic E-state index is 0.156. The standard InChI is InChI=1S/C14H20BrFN2O3/c1-20-13(21-2)9-17-8-12(19)18-7-6-10-4-3-5-11(15)14(10)16/h3-5,13,17H,6-9H2,1-2H3,(H,18,19). The monoisotopic (exact) mass is 362 g/mol. The second-order valence-electron chi connectivity index (χ2n) is 4.34. The van der Waals surface area contributed by atoms with E-state index in [1.807, 2.05) is 0 Å². The molecule has 2 N–H and O–H groups in total. The topological polar surface area (TPSA) is 59.6 Å². The Bertz CT molecular complexity index is 456. The molecule has 0 unspecified atom stereocenters. The Kier molecular flexibility index (Phi) is 8.44. The smallest absolute Gasteiger partial charge is 0.233 e. The van der Waals surface area contributed by atoms with Crippen molar-refractivity contribution in [2.24, 2.45) is 0 Å². The van der Waals surface area contributed by atoms with Crippen molar-refractivity contribution in [3.8, 4) is 0 Å². The Morgan fingerprint density at radius 1 is 1.38 bits per heavy atom. The van der Waals surface area contributed by atoms with Crippen LogP contribution in [0.1, 0.15) is 5.56 Å². The lowest BCUT2D eigenvalue weighted by Gasteiger charge is -2.14. The summed E-state index contributed by atoms with van der Waals surface area (Å²) in [5.74, 6) is -0.440. The molecule has 0 atom stereocenters. The van der Waals surface area contributed by atoms with Crippen LogP contribution < -0.4 is 10.6 Å². The van der Waals surface area contributed by atoms with E-state index in [1.165, 1.54) is 14.2 Å². The molecular formula is C14H20BrFN2O3. The van der Waals surface area contributed by atoms with Crippen LogP contribution >= 0.6 is 15.9 Å². The average Bonchev–Trinajstić information content (AvgIpc) is 2.48. The van der Waals surface area contributed by atoms with E-state index in [4.69, 9.17) is 9.47 Å². The number of hydrogen-bond acceptors (Lipinski definition) is 4. The fraction of sp³-hybridized carbons (Fsp3) is 0.500. The maximum Gasteiger partial charge on any atom is 0.233 e. The van der Waals surface area contributed by atoms with Gasteiger partial charge in [0.25, 0.3) is 0 Å². The van der Waals surface area contributed by atoms with Gasteiger partial charge < -0.3 is 20.1 Å². The average molecular weight is 363 g/mol. The molecule has 0 spiro atoms. The minimum atomic E-state index is -0.381. The first-order chi connectivity index (χ1) is 10.1. The number of carbonyl (C=O) groups is 1. The van der Waals surface area contributed by atoms with Gasteiger partial charge in [-0.2, -0.15) is 0 Å². The van der Waals surface area contributed by atoms with Crippen molar-refractivity contribution in [2.45, 2.75) is 12.7 Å². The van der Waals surface area contributed by atoms with E-state index in [0.717, 1.165) is 0 Å². The van der Waals surface area contributed by atoms with Crippen molar-refractivity contribution in [1.29, 1.82) is 0 Å². The van der Waals surface area contributed by atoms with E-state index in [1.54, 1.807) is 18.2 Å². The first-order valence-electron chi connectivity index (χ1n) is 6.54. The van der Waals surface area contributed by atoms with Gasteiger partial charge in [0.05, 0.1) is 11.0 Å². The Balaban J connectivity index is 2.23. The minimum Gasteiger partial charge on any atom is -0.355 e. The van der Waals surface area contributed by atoms with Crippen molar-refractivity contribution >= 4 is 21.8 Å². The number of methoxy groups -OCH3 is 2. The van der Waals surface area contributed by atoms with Crippen molar-refractivity contribution in [1.82, 2.24) is 10.6 Å². The summed E-state index contributed by atoms with van der Waals surface area (Å²) in [5, 5.41) is 5.64. The highest BCUT2D eigenvalue weighted by Crippen LogP contribution is 2.18. The summed E-state index contributed by atoms with van der Waals surface area (Å²) in [6.45, 7) is 0.955. The van der Waals surface area contributed by atoms with E-state index >= 15 is 0 Å². The van der Waals surface area contributed by atoms with Crippen LogP contribution in [-0.2, 0) is 20.7 Å². The molecule has 118 valence electrons. The molecule has 0 heterocycles. The normalized spacial score (nSPS) is 10.9. The molecule has 0 aliphatic rings. The van der Waals surface area contributed by atoms with Gasteiger partial charge in [-0.05, 0) is 34.0 Å². The number of carbonyl (C=O) groups excluding carboxylic acids is 1. The Labute approximate surface area is 132 Å². The first kappa shape index (κ1) is 18.0. The zero-order valence-electron chi connectivity index (χ0n) is 12.1. The number of ether oxygens (including phenoxy) is 2. The molecule has 0 saturated carbocycles. The molecule has 0 aliphatic heterocycles. The molecular weight excluding hydrogens is 343 g/mol. The van der Waals surface area contributed by atoms with Crippen LogP contribution in [0.4, 0.5) is 4.39 Å². The van der Waals surface area contributed by atoms with Crippen LogP contribution in [0, 0.1) is 5.82 Å². The SMILES string of the molecule is COC(CNCC(=O)NCCc1cccc(Br)c1F)OC. The number of rotatable bonds is 9. The molecule has 0 aliphatic carbocycles. The third-order valence-electron chi connectivity index (χ3n) is 2.87. The molecule has 5 nitrogen and oxygen atoms in total. The van der Waals surface area contributed by atoms with Crippen LogP contribution in [0.15, 0.2) is 22.7 Å². The van der Waals surface area contributed by atoms with Gasteiger partial charge in [0, 0.05) is 27.3 Å². The highest BCUT2D eigenvalue weighted by Gasteiger charge is 2.08. The molecule has 0 aromatic heterocycles. The van der Waals surface area contributed by atoms with Crippen LogP contribution in [0.3, 0.4) is 0 Å². The molecule has 1 rings (SSSR count). The van der Waals surface area contributed by atoms with Gasteiger partial charge in [-0.25, -0.2) is 4.39 Å². The lowest BCUT2D eigenvalue weighted by atomic mass is 10.1. The Morgan fingerprint density at radius 3 is 2.76 bits per heavy atom. The van der Waals surface area contributed by atoms with Crippen molar-refractivity contribution in [3.63, 3.8) is 0 Å². The predicted octanol–water partition coefficient (Wildman–Crippen LogP) is 1.46. The molecule has 1 amide bonds. The summed E-state index contributed by atoms with van der Waals surface area (Å²) in [6.07, 6.45) is 0.0593. The first-order valence-corrected chi connectivity index (χ1v) is 7.33. The zero-order chi connectivity index (χ0) is 15.7. The number of benzene rings is 1. The van der Waals surface area contributed by atoms with E-state index in [9.17, 15) is 9.18 Å². The van der Waals surface area contributed by atoms with Crippen molar-refractivity contribution in [3.05, 3.63) is 34.1 Å². The number of amides is 1. The lowest BCUT2D eigenvalue weighted by Crippen LogP contribution is -2.38. The van der Waals surface area contributed by atoms with Crippen LogP contribution in [-0.4, -0.2) is 46.1 Å². The molecule has 21 heavy (non-hydrogen) atoms. The maximum absolute atomic E-state index is 13.7. The van der Waals surface area contributed by atoms with Gasteiger partial charge in [0.15, 0.2) is 6.29 Å². The van der Waals surface area contributed by atoms with Gasteiger partial charge in [-0.15, -0.1) is 0 Å². The van der Waals surface area contributed by atoms with E-state index in [2.05, 4.69) is 26.6 Å². The number of hydrogen-bond donors (Lipinski definition) is 2. The largest absolute Gasteiger partial charge is 0.355 e. The Morgan fingerprint density at radius 2 is 2.10 bits per heavy atom. The number of halogens is 2. The van der Waals surface area contributed by atoms with Crippen molar-refractivity contribution in [2.75, 3.05) is 33.9 Å². The second kappa shape index (κ2) is 9.83. The quantitative estimate of drug-likeness (QED) is 0.653. The van der Waals surface area contributed by atoms with Crippen LogP contribution in [0.25, 0.3) is 0 Å². The fourth-order valence-corrected chi connectivity index (χ4v) is 2.11. The summed E-state index contributed by atoms with van der Waals surface area (Å²) < 4.78 is 24.1. The Hall–Kier alpha value is -1.02. The van der Waals surface area contributed by atoms with E-state index < -0.39 is 0 Å². The predicted molar refractivity (Wildman–Crippen MR) is 81.5 cm³/mol. The highest BCUT2D eigenvalue weighted by molar-refractivity contribution is 9.10. The van der Waals surface area contributed by atoms with E-state index in [-0.39, 0.29) is 24.6 Å². The maximum atomic E-state index is 13.7. The van der Waals surface area contributed by atoms with Gasteiger partial charge in [0.1, 0.15) is 5.82 Å². The molecule has 0 fully saturated rings. The summed E-state index contributed by atoms with van der Waals surface area (Å²) >= 11 is 3.13. The molecule has 0 radical (unpaired) electrons. The van der Waals surface area contributed by atoms with E-state index in [0.29, 0.717) is 29.5 Å². The van der Waals surface area contributed by atoms with Gasteiger partial charge >= 0.3 is 0 Å². The third-order valence-corrected chi connectivity index (χ3v) is 3.48. The van der Waals surface area contributed by atoms with Gasteiger partial charge in [-0.1, -0.05) is 12.1 Å². The second-order valence-corrected chi connectivity index (χ2v) is 5.20. The molecule has 0 saturated heterocycles. The van der Waals surface area contributed by atoms with Gasteiger partial charge in [-0.3, -0.25) is 4.79 Å². The van der Waals surface area contributed by atoms with Crippen LogP contribution in [0.2, 0.25) is 0 Å². The third kappa shape index (κ3) is 6.52. The summed E-state index contributed by atoms with van der Waals surface area (Å²) in [5.41, 5.74) is 0.566. The summed E-state index contributed by atoms with van der Waals surface area (Å²) in [4.78, 5) is 11.6. The summed E-state index contributed by atoms with van der Waals surface area (Å²) in [6, 6.07) is 5.11. The fourth-order valence-electron chi connectivity index (χ4n) is 1.71.